The third-order valence-corrected chi connectivity index (χ3v) is 29.2. The number of hydrogen-bond donors (Lipinski definition) is 0. The molecule has 29 aromatic carbocycles. The predicted octanol–water partition coefficient (Wildman–Crippen LogP) is 17.4. The average molecular weight is 1170 g/mol. The quantitative estimate of drug-likeness (QED) is 0.0568. The lowest BCUT2D eigenvalue weighted by atomic mass is 9.46. The zero-order valence-electron chi connectivity index (χ0n) is 48.6. The Balaban J connectivity index is 0.895. The Morgan fingerprint density at radius 1 is 0.250 bits per heavy atom. The van der Waals surface area contributed by atoms with E-state index >= 15 is 9.59 Å². The van der Waals surface area contributed by atoms with Crippen molar-refractivity contribution in [3.05, 3.63) is 46.5 Å². The Kier molecular flexibility index (Phi) is 4.39. The molecule has 10 heteroatoms. The van der Waals surface area contributed by atoms with Crippen LogP contribution in [0.4, 0.5) is 11.4 Å². The van der Waals surface area contributed by atoms with Crippen molar-refractivity contribution in [1.82, 2.24) is 0 Å². The predicted molar refractivity (Wildman–Crippen MR) is 367 cm³/mol. The van der Waals surface area contributed by atoms with Crippen LogP contribution in [-0.4, -0.2) is 74.5 Å². The molecule has 414 valence electrons. The molecule has 2 fully saturated rings. The molecule has 4 atom stereocenters. The van der Waals surface area contributed by atoms with Crippen molar-refractivity contribution in [3.63, 3.8) is 0 Å². The van der Waals surface area contributed by atoms with E-state index in [4.69, 9.17) is 18.9 Å². The van der Waals surface area contributed by atoms with Gasteiger partial charge in [0.25, 0.3) is 0 Å². The fourth-order valence-corrected chi connectivity index (χ4v) is 28.5. The first-order valence-corrected chi connectivity index (χ1v) is 33.5. The molecule has 0 radical (unpaired) electrons. The highest BCUT2D eigenvalue weighted by Gasteiger charge is 2.83. The molecule has 0 unspecified atom stereocenters. The minimum Gasteiger partial charge on any atom is -0.464 e. The number of nitrogens with zero attached hydrogens (tertiary/aromatic N) is 2. The second-order valence-corrected chi connectivity index (χ2v) is 30.4. The van der Waals surface area contributed by atoms with Gasteiger partial charge in [0.2, 0.25) is 0 Å². The van der Waals surface area contributed by atoms with Crippen molar-refractivity contribution < 1.29 is 38.1 Å². The SMILES string of the molecule is CCOC(=O)[C@@H]1[C@H](C(=O)OCC)N1c1ccc(N2[C@@H](C(=O)OCC)C34c5c6c7c8c9c%10c(c%11c%12c3c3c5c5c%13c6c6c7c7c9c9c%14c%10c%10c%11c%11c%12c%12c3c3c5c5c%13c%13c6c6c7c9c7c9c%14c%10c%10c%11c%11c%12c3c3c5c5c%13c6c7c6c9c%10c%11c3c56)C84[C@H]2C(=O)OCC)cc1. The summed E-state index contributed by atoms with van der Waals surface area (Å²) in [5, 5.41) is 77.3. The summed E-state index contributed by atoms with van der Waals surface area (Å²) in [6.07, 6.45) is 0. The normalized spacial score (nSPS) is 23.6. The Morgan fingerprint density at radius 2 is 0.402 bits per heavy atom. The van der Waals surface area contributed by atoms with Gasteiger partial charge in [0, 0.05) is 11.4 Å². The van der Waals surface area contributed by atoms with Crippen LogP contribution >= 0.6 is 0 Å². The van der Waals surface area contributed by atoms with Crippen LogP contribution in [0.15, 0.2) is 24.3 Å². The average Bonchev–Trinajstić information content (AvgIpc) is 1.38. The van der Waals surface area contributed by atoms with Crippen LogP contribution in [0.25, 0.3) is 291 Å². The van der Waals surface area contributed by atoms with E-state index in [1.54, 1.807) is 18.7 Å². The topological polar surface area (TPSA) is 111 Å². The van der Waals surface area contributed by atoms with E-state index in [0.717, 1.165) is 0 Å². The van der Waals surface area contributed by atoms with Crippen LogP contribution in [0.3, 0.4) is 0 Å². The van der Waals surface area contributed by atoms with Crippen LogP contribution in [0, 0.1) is 0 Å². The number of carbonyl (C=O) groups is 4. The standard InChI is InChI=1S/C82H28N2O8/c1-5-89-77(85)73-74(78(86)90-6-2)83(73)13-9-11-14(12-10-13)84-75(79(87)91-7-3)81-69-61-53-43-33-25-17-15-16-19-23-21(17)29-37-31(23)41-35-27(19)28-20(16)24-22-18(15)26(25)34-40-30(22)38-32(24)42-36(28)46-45(35)55-49(41)59-51(37)57(47(53)39(29)33)65(69)67(59)71-63(55)64-56(46)50(42)60-52(38)58-48(40)54(44(34)43)62(61)70(81)66(58)68(60)72(64)82(71,81)76(84)80(88)92-8-4/h9-12,73-76H,5-8H2,1-4H3/t73-,74+,75-,76+,81?,82?,83?. The number of ether oxygens (including phenoxy) is 4. The van der Waals surface area contributed by atoms with Crippen molar-refractivity contribution in [2.75, 3.05) is 36.2 Å². The highest BCUT2D eigenvalue weighted by molar-refractivity contribution is 6.82. The largest absolute Gasteiger partial charge is 0.464 e. The zero-order valence-corrected chi connectivity index (χ0v) is 48.6. The van der Waals surface area contributed by atoms with Crippen LogP contribution in [0.1, 0.15) is 49.9 Å². The molecule has 0 saturated carbocycles. The Labute approximate surface area is 506 Å². The summed E-state index contributed by atoms with van der Waals surface area (Å²) in [5.41, 5.74) is 3.75. The van der Waals surface area contributed by atoms with Gasteiger partial charge in [0.05, 0.1) is 37.3 Å². The van der Waals surface area contributed by atoms with Gasteiger partial charge in [-0.05, 0) is 365 Å². The zero-order chi connectivity index (χ0) is 57.9. The molecular formula is C82H28N2O8. The monoisotopic (exact) mass is 1170 g/mol. The lowest BCUT2D eigenvalue weighted by Gasteiger charge is -2.51. The van der Waals surface area contributed by atoms with E-state index < -0.39 is 46.9 Å². The molecule has 0 bridgehead atoms. The van der Waals surface area contributed by atoms with Gasteiger partial charge < -0.3 is 28.7 Å². The summed E-state index contributed by atoms with van der Waals surface area (Å²) >= 11 is 0. The van der Waals surface area contributed by atoms with E-state index in [9.17, 15) is 9.59 Å². The molecule has 92 heavy (non-hydrogen) atoms. The van der Waals surface area contributed by atoms with Gasteiger partial charge in [-0.3, -0.25) is 0 Å². The van der Waals surface area contributed by atoms with Crippen LogP contribution in [-0.2, 0) is 49.0 Å². The van der Waals surface area contributed by atoms with Crippen molar-refractivity contribution in [1.29, 1.82) is 0 Å². The van der Waals surface area contributed by atoms with Crippen LogP contribution < -0.4 is 9.80 Å². The minimum absolute atomic E-state index is 0.144. The Hall–Kier alpha value is -10.8. The van der Waals surface area contributed by atoms with E-state index in [-0.39, 0.29) is 38.4 Å². The number of hydrogen-bond acceptors (Lipinski definition) is 10. The highest BCUT2D eigenvalue weighted by atomic mass is 16.6. The molecule has 6 aliphatic rings. The summed E-state index contributed by atoms with van der Waals surface area (Å²) < 4.78 is 24.9. The summed E-state index contributed by atoms with van der Waals surface area (Å²) in [4.78, 5) is 66.1. The maximum atomic E-state index is 17.3. The van der Waals surface area contributed by atoms with Crippen LogP contribution in [0.2, 0.25) is 0 Å². The number of carbonyl (C=O) groups excluding carboxylic acids is 4. The lowest BCUT2D eigenvalue weighted by molar-refractivity contribution is -0.147. The smallest absolute Gasteiger partial charge is 0.331 e. The number of anilines is 2. The van der Waals surface area contributed by atoms with Gasteiger partial charge >= 0.3 is 23.9 Å². The van der Waals surface area contributed by atoms with Crippen molar-refractivity contribution in [2.45, 2.75) is 62.7 Å². The molecule has 2 heterocycles. The Morgan fingerprint density at radius 3 is 0.576 bits per heavy atom. The first-order valence-electron chi connectivity index (χ1n) is 33.5. The molecule has 0 aromatic heterocycles. The second kappa shape index (κ2) is 10.1. The molecule has 4 aliphatic carbocycles. The number of rotatable bonds is 10. The van der Waals surface area contributed by atoms with Crippen LogP contribution in [0.5, 0.6) is 0 Å². The van der Waals surface area contributed by atoms with Crippen molar-refractivity contribution >= 4 is 326 Å². The van der Waals surface area contributed by atoms with Crippen molar-refractivity contribution in [2.24, 2.45) is 0 Å². The first-order chi connectivity index (χ1) is 45.4. The minimum atomic E-state index is -1.25. The van der Waals surface area contributed by atoms with Gasteiger partial charge in [-0.25, -0.2) is 19.2 Å². The molecular weight excluding hydrogens is 1140 g/mol. The summed E-state index contributed by atoms with van der Waals surface area (Å²) in [5.74, 6) is -1.68. The maximum absolute atomic E-state index is 17.3. The second-order valence-electron chi connectivity index (χ2n) is 30.4. The molecule has 2 aliphatic heterocycles. The Bertz CT molecular complexity index is 7710. The summed E-state index contributed by atoms with van der Waals surface area (Å²) in [6, 6.07) is 4.06. The molecule has 2 saturated heterocycles. The van der Waals surface area contributed by atoms with Gasteiger partial charge in [-0.1, -0.05) is 0 Å². The molecule has 29 aromatic rings. The molecule has 0 amide bonds. The summed E-state index contributed by atoms with van der Waals surface area (Å²) in [6.45, 7) is 8.04. The van der Waals surface area contributed by atoms with E-state index in [1.807, 2.05) is 38.1 Å². The van der Waals surface area contributed by atoms with E-state index in [0.29, 0.717) is 11.4 Å². The fraction of sp³-hybridized carbons (Fsp3) is 0.171. The third-order valence-electron chi connectivity index (χ3n) is 29.2. The third kappa shape index (κ3) is 2.52. The number of benzene rings is 19. The van der Waals surface area contributed by atoms with E-state index in [2.05, 4.69) is 4.90 Å². The lowest BCUT2D eigenvalue weighted by Crippen LogP contribution is -2.59. The first kappa shape index (κ1) is 40.0. The molecule has 10 nitrogen and oxygen atoms in total. The van der Waals surface area contributed by atoms with Gasteiger partial charge in [0.15, 0.2) is 12.1 Å². The molecule has 2 spiro atoms. The van der Waals surface area contributed by atoms with Gasteiger partial charge in [-0.2, -0.15) is 0 Å². The summed E-state index contributed by atoms with van der Waals surface area (Å²) in [7, 11) is 0. The highest BCUT2D eigenvalue weighted by Crippen LogP contribution is 2.87. The molecule has 0 N–H and O–H groups in total. The molecule has 35 rings (SSSR count). The van der Waals surface area contributed by atoms with E-state index in [1.165, 1.54) is 313 Å². The van der Waals surface area contributed by atoms with Gasteiger partial charge in [-0.15, -0.1) is 0 Å². The van der Waals surface area contributed by atoms with Crippen molar-refractivity contribution in [3.8, 4) is 0 Å². The van der Waals surface area contributed by atoms with Gasteiger partial charge in [0.1, 0.15) is 12.1 Å². The fourth-order valence-electron chi connectivity index (χ4n) is 28.5. The maximum Gasteiger partial charge on any atom is 0.331 e. The number of esters is 4.